The van der Waals surface area contributed by atoms with Gasteiger partial charge in [-0.05, 0) is 38.0 Å². The summed E-state index contributed by atoms with van der Waals surface area (Å²) in [4.78, 5) is 26.8. The number of carbonyl (C=O) groups excluding carboxylic acids is 2. The molecule has 0 bridgehead atoms. The van der Waals surface area contributed by atoms with Crippen molar-refractivity contribution in [1.82, 2.24) is 30.2 Å². The molecule has 1 saturated carbocycles. The topological polar surface area (TPSA) is 109 Å². The monoisotopic (exact) mass is 380 g/mol. The van der Waals surface area contributed by atoms with Crippen LogP contribution in [0.4, 0.5) is 0 Å². The highest BCUT2D eigenvalue weighted by atomic mass is 16.3. The van der Waals surface area contributed by atoms with Gasteiger partial charge in [-0.2, -0.15) is 10.2 Å². The normalized spacial score (nSPS) is 16.1. The molecule has 1 aliphatic carbocycles. The number of carbonyl (C=O) groups is 2. The molecule has 9 nitrogen and oxygen atoms in total. The Labute approximate surface area is 160 Å². The highest BCUT2D eigenvalue weighted by Crippen LogP contribution is 2.23. The van der Waals surface area contributed by atoms with Gasteiger partial charge in [0, 0.05) is 18.7 Å². The van der Waals surface area contributed by atoms with E-state index < -0.39 is 0 Å². The van der Waals surface area contributed by atoms with Gasteiger partial charge in [-0.3, -0.25) is 19.4 Å². The second kappa shape index (κ2) is 6.36. The third-order valence-corrected chi connectivity index (χ3v) is 5.03. The summed E-state index contributed by atoms with van der Waals surface area (Å²) >= 11 is 0. The SMILES string of the molecule is Cc1ccc(-c2cc(C(=O)N3CCn4nc(C(=O)NC5CC5)cc4C3)n[nH]2)o1. The summed E-state index contributed by atoms with van der Waals surface area (Å²) in [5.74, 6) is 1.13. The minimum Gasteiger partial charge on any atom is -0.460 e. The third kappa shape index (κ3) is 3.08. The molecule has 9 heteroatoms. The molecule has 1 aliphatic heterocycles. The second-order valence-corrected chi connectivity index (χ2v) is 7.30. The van der Waals surface area contributed by atoms with Crippen LogP contribution in [-0.4, -0.2) is 49.3 Å². The van der Waals surface area contributed by atoms with Crippen molar-refractivity contribution in [3.63, 3.8) is 0 Å². The molecule has 3 aromatic rings. The van der Waals surface area contributed by atoms with Crippen LogP contribution in [0.3, 0.4) is 0 Å². The molecule has 3 aromatic heterocycles. The highest BCUT2D eigenvalue weighted by Gasteiger charge is 2.28. The molecule has 2 N–H and O–H groups in total. The summed E-state index contributed by atoms with van der Waals surface area (Å²) in [6.45, 7) is 3.32. The number of nitrogens with one attached hydrogen (secondary N) is 2. The van der Waals surface area contributed by atoms with Gasteiger partial charge in [-0.1, -0.05) is 0 Å². The zero-order valence-electron chi connectivity index (χ0n) is 15.4. The fraction of sp³-hybridized carbons (Fsp3) is 0.368. The Morgan fingerprint density at radius 2 is 2.07 bits per heavy atom. The molecule has 0 aromatic carbocycles. The van der Waals surface area contributed by atoms with Crippen LogP contribution in [0.15, 0.2) is 28.7 Å². The van der Waals surface area contributed by atoms with Gasteiger partial charge in [0.2, 0.25) is 0 Å². The van der Waals surface area contributed by atoms with Crippen molar-refractivity contribution in [1.29, 1.82) is 0 Å². The van der Waals surface area contributed by atoms with E-state index in [1.807, 2.05) is 19.1 Å². The molecule has 5 rings (SSSR count). The van der Waals surface area contributed by atoms with E-state index in [9.17, 15) is 9.59 Å². The molecule has 2 aliphatic rings. The number of furan rings is 1. The summed E-state index contributed by atoms with van der Waals surface area (Å²) in [5.41, 5.74) is 2.26. The maximum absolute atomic E-state index is 12.9. The maximum Gasteiger partial charge on any atom is 0.274 e. The molecule has 2 amide bonds. The number of H-pyrrole nitrogens is 1. The number of nitrogens with zero attached hydrogens (tertiary/aromatic N) is 4. The molecule has 0 atom stereocenters. The fourth-order valence-electron chi connectivity index (χ4n) is 3.34. The molecule has 1 fully saturated rings. The van der Waals surface area contributed by atoms with Gasteiger partial charge in [0.05, 0.1) is 18.8 Å². The predicted molar refractivity (Wildman–Crippen MR) is 98.5 cm³/mol. The van der Waals surface area contributed by atoms with Gasteiger partial charge in [-0.15, -0.1) is 0 Å². The van der Waals surface area contributed by atoms with Crippen molar-refractivity contribution >= 4 is 11.8 Å². The van der Waals surface area contributed by atoms with Crippen molar-refractivity contribution in [2.24, 2.45) is 0 Å². The van der Waals surface area contributed by atoms with Crippen LogP contribution < -0.4 is 5.32 Å². The zero-order valence-corrected chi connectivity index (χ0v) is 15.4. The molecule has 144 valence electrons. The number of amides is 2. The van der Waals surface area contributed by atoms with Crippen LogP contribution in [0.2, 0.25) is 0 Å². The number of hydrogen-bond donors (Lipinski definition) is 2. The first kappa shape index (κ1) is 16.8. The van der Waals surface area contributed by atoms with Crippen molar-refractivity contribution in [3.8, 4) is 11.5 Å². The van der Waals surface area contributed by atoms with Crippen LogP contribution in [0.25, 0.3) is 11.5 Å². The van der Waals surface area contributed by atoms with Crippen LogP contribution in [0, 0.1) is 6.92 Å². The molecule has 4 heterocycles. The van der Waals surface area contributed by atoms with E-state index >= 15 is 0 Å². The second-order valence-electron chi connectivity index (χ2n) is 7.30. The van der Waals surface area contributed by atoms with Crippen LogP contribution in [0.5, 0.6) is 0 Å². The molecule has 28 heavy (non-hydrogen) atoms. The van der Waals surface area contributed by atoms with Crippen LogP contribution in [-0.2, 0) is 13.1 Å². The van der Waals surface area contributed by atoms with Gasteiger partial charge in [0.25, 0.3) is 11.8 Å². The lowest BCUT2D eigenvalue weighted by atomic mass is 10.2. The van der Waals surface area contributed by atoms with Crippen molar-refractivity contribution in [2.45, 2.75) is 38.9 Å². The lowest BCUT2D eigenvalue weighted by Crippen LogP contribution is -2.38. The molecular weight excluding hydrogens is 360 g/mol. The standard InChI is InChI=1S/C19H20N6O3/c1-11-2-5-17(28-11)14-9-16(22-21-14)19(27)24-6-7-25-13(10-24)8-15(23-25)18(26)20-12-3-4-12/h2,5,8-9,12H,3-4,6-7,10H2,1H3,(H,20,26)(H,21,22). The Morgan fingerprint density at radius 1 is 1.21 bits per heavy atom. The molecule has 0 radical (unpaired) electrons. The number of rotatable bonds is 4. The minimum atomic E-state index is -0.165. The van der Waals surface area contributed by atoms with Crippen molar-refractivity contribution < 1.29 is 14.0 Å². The summed E-state index contributed by atoms with van der Waals surface area (Å²) < 4.78 is 7.36. The van der Waals surface area contributed by atoms with Crippen LogP contribution >= 0.6 is 0 Å². The first-order valence-corrected chi connectivity index (χ1v) is 9.36. The first-order chi connectivity index (χ1) is 13.6. The smallest absolute Gasteiger partial charge is 0.274 e. The number of aromatic nitrogens is 4. The Kier molecular flexibility index (Phi) is 3.81. The Morgan fingerprint density at radius 3 is 2.82 bits per heavy atom. The van der Waals surface area contributed by atoms with Crippen molar-refractivity contribution in [2.75, 3.05) is 6.54 Å². The summed E-state index contributed by atoms with van der Waals surface area (Å²) in [5, 5.41) is 14.3. The largest absolute Gasteiger partial charge is 0.460 e. The van der Waals surface area contributed by atoms with Gasteiger partial charge >= 0.3 is 0 Å². The quantitative estimate of drug-likeness (QED) is 0.716. The van der Waals surface area contributed by atoms with Crippen LogP contribution in [0.1, 0.15) is 45.3 Å². The molecule has 0 unspecified atom stereocenters. The minimum absolute atomic E-state index is 0.145. The van der Waals surface area contributed by atoms with E-state index in [1.165, 1.54) is 0 Å². The summed E-state index contributed by atoms with van der Waals surface area (Å²) in [7, 11) is 0. The fourth-order valence-corrected chi connectivity index (χ4v) is 3.34. The van der Waals surface area contributed by atoms with Gasteiger partial charge in [0.1, 0.15) is 11.5 Å². The lowest BCUT2D eigenvalue weighted by Gasteiger charge is -2.26. The maximum atomic E-state index is 12.9. The Balaban J connectivity index is 1.30. The lowest BCUT2D eigenvalue weighted by molar-refractivity contribution is 0.0699. The van der Waals surface area contributed by atoms with E-state index in [0.29, 0.717) is 42.5 Å². The number of fused-ring (bicyclic) bond motifs is 1. The van der Waals surface area contributed by atoms with E-state index in [2.05, 4.69) is 20.6 Å². The Bertz CT molecular complexity index is 1060. The Hall–Kier alpha value is -3.36. The first-order valence-electron chi connectivity index (χ1n) is 9.36. The predicted octanol–water partition coefficient (Wildman–Crippen LogP) is 1.72. The van der Waals surface area contributed by atoms with Gasteiger partial charge in [0.15, 0.2) is 17.1 Å². The van der Waals surface area contributed by atoms with E-state index in [4.69, 9.17) is 4.42 Å². The third-order valence-electron chi connectivity index (χ3n) is 5.03. The summed E-state index contributed by atoms with van der Waals surface area (Å²) in [6, 6.07) is 7.45. The molecular formula is C19H20N6O3. The number of aryl methyl sites for hydroxylation is 1. The van der Waals surface area contributed by atoms with Gasteiger partial charge < -0.3 is 14.6 Å². The average molecular weight is 380 g/mol. The average Bonchev–Trinajstić information content (AvgIpc) is 3.11. The van der Waals surface area contributed by atoms with E-state index in [-0.39, 0.29) is 17.9 Å². The van der Waals surface area contributed by atoms with E-state index in [0.717, 1.165) is 24.3 Å². The zero-order chi connectivity index (χ0) is 19.3. The molecule has 0 spiro atoms. The number of aromatic amines is 1. The molecule has 0 saturated heterocycles. The van der Waals surface area contributed by atoms with E-state index in [1.54, 1.807) is 21.7 Å². The summed E-state index contributed by atoms with van der Waals surface area (Å²) in [6.07, 6.45) is 2.07. The number of hydrogen-bond acceptors (Lipinski definition) is 5. The van der Waals surface area contributed by atoms with Gasteiger partial charge in [-0.25, -0.2) is 0 Å². The highest BCUT2D eigenvalue weighted by molar-refractivity contribution is 5.94. The van der Waals surface area contributed by atoms with Crippen molar-refractivity contribution in [3.05, 3.63) is 47.1 Å².